The molecule has 0 aliphatic carbocycles. The molecule has 0 atom stereocenters. The van der Waals surface area contributed by atoms with Gasteiger partial charge in [-0.25, -0.2) is 17.6 Å². The van der Waals surface area contributed by atoms with Gasteiger partial charge in [0.25, 0.3) is 0 Å². The zero-order valence-corrected chi connectivity index (χ0v) is 11.1. The number of rotatable bonds is 3. The Morgan fingerprint density at radius 2 is 1.58 bits per heavy atom. The van der Waals surface area contributed by atoms with Gasteiger partial charge in [0.1, 0.15) is 5.82 Å². The summed E-state index contributed by atoms with van der Waals surface area (Å²) < 4.78 is 52.4. The average molecular weight is 334 g/mol. The van der Waals surface area contributed by atoms with E-state index in [1.807, 2.05) is 0 Å². The third-order valence-corrected chi connectivity index (χ3v) is 3.15. The van der Waals surface area contributed by atoms with E-state index in [1.54, 1.807) is 0 Å². The normalized spacial score (nSPS) is 10.6. The van der Waals surface area contributed by atoms with Gasteiger partial charge in [0.05, 0.1) is 5.69 Å². The summed E-state index contributed by atoms with van der Waals surface area (Å²) in [6, 6.07) is 5.79. The van der Waals surface area contributed by atoms with Gasteiger partial charge in [0, 0.05) is 11.0 Å². The summed E-state index contributed by atoms with van der Waals surface area (Å²) in [4.78, 5) is 0. The van der Waals surface area contributed by atoms with Gasteiger partial charge in [0.2, 0.25) is 0 Å². The van der Waals surface area contributed by atoms with Gasteiger partial charge in [0.15, 0.2) is 17.5 Å². The van der Waals surface area contributed by atoms with Crippen molar-refractivity contribution in [3.05, 3.63) is 63.6 Å². The van der Waals surface area contributed by atoms with Crippen LogP contribution in [0.3, 0.4) is 0 Å². The monoisotopic (exact) mass is 333 g/mol. The molecule has 19 heavy (non-hydrogen) atoms. The summed E-state index contributed by atoms with van der Waals surface area (Å²) in [5, 5.41) is 2.80. The van der Waals surface area contributed by atoms with Gasteiger partial charge in [-0.1, -0.05) is 0 Å². The summed E-state index contributed by atoms with van der Waals surface area (Å²) in [6.07, 6.45) is 0. The molecule has 0 unspecified atom stereocenters. The van der Waals surface area contributed by atoms with Gasteiger partial charge in [-0.15, -0.1) is 0 Å². The third kappa shape index (κ3) is 3.26. The highest BCUT2D eigenvalue weighted by Crippen LogP contribution is 2.24. The first-order chi connectivity index (χ1) is 8.97. The van der Waals surface area contributed by atoms with Crippen molar-refractivity contribution >= 4 is 21.6 Å². The van der Waals surface area contributed by atoms with Crippen molar-refractivity contribution < 1.29 is 17.6 Å². The van der Waals surface area contributed by atoms with Gasteiger partial charge < -0.3 is 5.32 Å². The fourth-order valence-corrected chi connectivity index (χ4v) is 1.93. The summed E-state index contributed by atoms with van der Waals surface area (Å²) in [5.41, 5.74) is 0.651. The van der Waals surface area contributed by atoms with Crippen LogP contribution in [0, 0.1) is 23.3 Å². The minimum atomic E-state index is -1.50. The Morgan fingerprint density at radius 1 is 0.947 bits per heavy atom. The highest BCUT2D eigenvalue weighted by molar-refractivity contribution is 9.10. The SMILES string of the molecule is Fc1ccc(Br)c(NCc2cc(F)c(F)c(F)c2)c1. The Kier molecular flexibility index (Phi) is 4.09. The first-order valence-corrected chi connectivity index (χ1v) is 6.09. The van der Waals surface area contributed by atoms with E-state index in [0.29, 0.717) is 10.2 Å². The molecule has 0 heterocycles. The molecule has 2 aromatic rings. The summed E-state index contributed by atoms with van der Waals surface area (Å²) in [5.74, 6) is -4.46. The first kappa shape index (κ1) is 13.9. The molecule has 2 aromatic carbocycles. The molecule has 0 aliphatic rings. The van der Waals surface area contributed by atoms with Crippen molar-refractivity contribution in [1.29, 1.82) is 0 Å². The second kappa shape index (κ2) is 5.61. The first-order valence-electron chi connectivity index (χ1n) is 5.29. The van der Waals surface area contributed by atoms with E-state index in [2.05, 4.69) is 21.2 Å². The maximum Gasteiger partial charge on any atom is 0.194 e. The van der Waals surface area contributed by atoms with Crippen molar-refractivity contribution in [1.82, 2.24) is 0 Å². The van der Waals surface area contributed by atoms with Crippen LogP contribution in [-0.4, -0.2) is 0 Å². The zero-order chi connectivity index (χ0) is 14.0. The molecule has 0 radical (unpaired) electrons. The van der Waals surface area contributed by atoms with Crippen LogP contribution in [0.5, 0.6) is 0 Å². The Hall–Kier alpha value is -1.56. The van der Waals surface area contributed by atoms with E-state index in [4.69, 9.17) is 0 Å². The number of anilines is 1. The lowest BCUT2D eigenvalue weighted by Crippen LogP contribution is -2.03. The molecular formula is C13H8BrF4N. The largest absolute Gasteiger partial charge is 0.380 e. The topological polar surface area (TPSA) is 12.0 Å². The van der Waals surface area contributed by atoms with Crippen LogP contribution >= 0.6 is 15.9 Å². The molecule has 1 N–H and O–H groups in total. The quantitative estimate of drug-likeness (QED) is 0.638. The predicted molar refractivity (Wildman–Crippen MR) is 67.7 cm³/mol. The van der Waals surface area contributed by atoms with Crippen LogP contribution in [0.4, 0.5) is 23.2 Å². The molecule has 0 aliphatic heterocycles. The van der Waals surface area contributed by atoms with E-state index in [0.717, 1.165) is 12.1 Å². The van der Waals surface area contributed by atoms with Crippen molar-refractivity contribution in [2.75, 3.05) is 5.32 Å². The van der Waals surface area contributed by atoms with E-state index >= 15 is 0 Å². The molecule has 2 rings (SSSR count). The minimum absolute atomic E-state index is 0.0379. The number of hydrogen-bond donors (Lipinski definition) is 1. The van der Waals surface area contributed by atoms with Gasteiger partial charge >= 0.3 is 0 Å². The maximum atomic E-state index is 13.0. The Labute approximate surface area is 115 Å². The summed E-state index contributed by atoms with van der Waals surface area (Å²) in [7, 11) is 0. The molecule has 1 nitrogen and oxygen atoms in total. The molecule has 0 spiro atoms. The molecule has 6 heteroatoms. The van der Waals surface area contributed by atoms with E-state index in [-0.39, 0.29) is 12.1 Å². The average Bonchev–Trinajstić information content (AvgIpc) is 2.37. The van der Waals surface area contributed by atoms with Crippen molar-refractivity contribution in [2.24, 2.45) is 0 Å². The van der Waals surface area contributed by atoms with Crippen LogP contribution in [0.25, 0.3) is 0 Å². The molecule has 0 saturated carbocycles. The Morgan fingerprint density at radius 3 is 2.21 bits per heavy atom. The Balaban J connectivity index is 2.17. The Bertz CT molecular complexity index is 593. The van der Waals surface area contributed by atoms with Gasteiger partial charge in [-0.05, 0) is 51.8 Å². The van der Waals surface area contributed by atoms with Crippen molar-refractivity contribution in [3.63, 3.8) is 0 Å². The summed E-state index contributed by atoms with van der Waals surface area (Å²) >= 11 is 3.21. The van der Waals surface area contributed by atoms with Crippen molar-refractivity contribution in [2.45, 2.75) is 6.54 Å². The van der Waals surface area contributed by atoms with Crippen LogP contribution < -0.4 is 5.32 Å². The van der Waals surface area contributed by atoms with Gasteiger partial charge in [-0.2, -0.15) is 0 Å². The molecule has 0 amide bonds. The van der Waals surface area contributed by atoms with E-state index in [9.17, 15) is 17.6 Å². The lowest BCUT2D eigenvalue weighted by molar-refractivity contribution is 0.445. The second-order valence-electron chi connectivity index (χ2n) is 3.85. The smallest absolute Gasteiger partial charge is 0.194 e. The molecule has 100 valence electrons. The number of nitrogens with one attached hydrogen (secondary N) is 1. The number of hydrogen-bond acceptors (Lipinski definition) is 1. The number of halogens is 5. The highest BCUT2D eigenvalue weighted by atomic mass is 79.9. The molecule has 0 fully saturated rings. The van der Waals surface area contributed by atoms with Crippen LogP contribution in [-0.2, 0) is 6.54 Å². The molecular weight excluding hydrogens is 326 g/mol. The molecule has 0 aromatic heterocycles. The lowest BCUT2D eigenvalue weighted by atomic mass is 10.2. The zero-order valence-electron chi connectivity index (χ0n) is 9.48. The standard InChI is InChI=1S/C13H8BrF4N/c14-9-2-1-8(15)5-12(9)19-6-7-3-10(16)13(18)11(17)4-7/h1-5,19H,6H2. The third-order valence-electron chi connectivity index (χ3n) is 2.45. The van der Waals surface area contributed by atoms with Crippen LogP contribution in [0.15, 0.2) is 34.8 Å². The summed E-state index contributed by atoms with van der Waals surface area (Å²) in [6.45, 7) is 0.0379. The van der Waals surface area contributed by atoms with Crippen LogP contribution in [0.1, 0.15) is 5.56 Å². The fourth-order valence-electron chi connectivity index (χ4n) is 1.54. The second-order valence-corrected chi connectivity index (χ2v) is 4.71. The fraction of sp³-hybridized carbons (Fsp3) is 0.0769. The molecule has 0 saturated heterocycles. The van der Waals surface area contributed by atoms with Gasteiger partial charge in [-0.3, -0.25) is 0 Å². The highest BCUT2D eigenvalue weighted by Gasteiger charge is 2.10. The lowest BCUT2D eigenvalue weighted by Gasteiger charge is -2.09. The maximum absolute atomic E-state index is 13.0. The van der Waals surface area contributed by atoms with E-state index in [1.165, 1.54) is 18.2 Å². The number of benzene rings is 2. The van der Waals surface area contributed by atoms with Crippen LogP contribution in [0.2, 0.25) is 0 Å². The minimum Gasteiger partial charge on any atom is -0.380 e. The molecule has 0 bridgehead atoms. The van der Waals surface area contributed by atoms with Crippen molar-refractivity contribution in [3.8, 4) is 0 Å². The predicted octanol–water partition coefficient (Wildman–Crippen LogP) is 4.62. The van der Waals surface area contributed by atoms with E-state index < -0.39 is 23.3 Å².